The predicted molar refractivity (Wildman–Crippen MR) is 114 cm³/mol. The van der Waals surface area contributed by atoms with Crippen molar-refractivity contribution in [1.29, 1.82) is 0 Å². The number of rotatable bonds is 6. The van der Waals surface area contributed by atoms with Crippen molar-refractivity contribution in [2.45, 2.75) is 4.90 Å². The van der Waals surface area contributed by atoms with Gasteiger partial charge in [-0.2, -0.15) is 0 Å². The molecule has 156 valence electrons. The summed E-state index contributed by atoms with van der Waals surface area (Å²) in [6.07, 6.45) is 0. The molecule has 3 rings (SSSR count). The van der Waals surface area contributed by atoms with Gasteiger partial charge in [-0.25, -0.2) is 17.7 Å². The van der Waals surface area contributed by atoms with Gasteiger partial charge in [-0.15, -0.1) is 11.3 Å². The standard InChI is InChI=1S/C18H15ClN4O5S2/c1-22(2)30(27,28)13-6-3-11(4-7-13)15-10-29-18(20-15)21-17(24)12-5-8-14(19)16(9-12)23(25)26/h3-10H,1-2H3,(H,20,21,24). The first-order valence-corrected chi connectivity index (χ1v) is 11.0. The van der Waals surface area contributed by atoms with Gasteiger partial charge in [-0.05, 0) is 24.3 Å². The van der Waals surface area contributed by atoms with E-state index in [1.807, 2.05) is 0 Å². The second-order valence-corrected chi connectivity index (χ2v) is 9.64. The molecule has 0 unspecified atom stereocenters. The van der Waals surface area contributed by atoms with E-state index in [2.05, 4.69) is 10.3 Å². The van der Waals surface area contributed by atoms with Crippen LogP contribution in [-0.2, 0) is 10.0 Å². The first-order valence-electron chi connectivity index (χ1n) is 8.33. The third-order valence-electron chi connectivity index (χ3n) is 4.06. The number of benzene rings is 2. The van der Waals surface area contributed by atoms with Crippen LogP contribution in [0.15, 0.2) is 52.7 Å². The van der Waals surface area contributed by atoms with Crippen molar-refractivity contribution in [2.24, 2.45) is 0 Å². The molecule has 0 saturated heterocycles. The maximum absolute atomic E-state index is 12.4. The molecule has 1 N–H and O–H groups in total. The maximum atomic E-state index is 12.4. The highest BCUT2D eigenvalue weighted by atomic mass is 35.5. The Labute approximate surface area is 181 Å². The van der Waals surface area contributed by atoms with E-state index in [-0.39, 0.29) is 26.3 Å². The molecule has 0 saturated carbocycles. The fourth-order valence-electron chi connectivity index (χ4n) is 2.44. The first kappa shape index (κ1) is 21.8. The van der Waals surface area contributed by atoms with Crippen LogP contribution in [0.4, 0.5) is 10.8 Å². The minimum Gasteiger partial charge on any atom is -0.298 e. The van der Waals surface area contributed by atoms with Gasteiger partial charge in [0, 0.05) is 36.7 Å². The van der Waals surface area contributed by atoms with Gasteiger partial charge in [-0.1, -0.05) is 23.7 Å². The minimum absolute atomic E-state index is 0.0622. The number of nitro benzene ring substituents is 1. The molecule has 12 heteroatoms. The molecule has 9 nitrogen and oxygen atoms in total. The van der Waals surface area contributed by atoms with Crippen LogP contribution >= 0.6 is 22.9 Å². The number of hydrogen-bond donors (Lipinski definition) is 1. The molecule has 30 heavy (non-hydrogen) atoms. The number of nitrogens with one attached hydrogen (secondary N) is 1. The molecule has 3 aromatic rings. The SMILES string of the molecule is CN(C)S(=O)(=O)c1ccc(-c2csc(NC(=O)c3ccc(Cl)c([N+](=O)[O-])c3)n2)cc1. The molecule has 0 atom stereocenters. The molecule has 0 bridgehead atoms. The Bertz CT molecular complexity index is 1220. The summed E-state index contributed by atoms with van der Waals surface area (Å²) in [5.41, 5.74) is 0.927. The highest BCUT2D eigenvalue weighted by Crippen LogP contribution is 2.28. The smallest absolute Gasteiger partial charge is 0.288 e. The second-order valence-electron chi connectivity index (χ2n) is 6.23. The van der Waals surface area contributed by atoms with Gasteiger partial charge in [0.05, 0.1) is 15.5 Å². The molecule has 2 aromatic carbocycles. The number of amides is 1. The summed E-state index contributed by atoms with van der Waals surface area (Å²) in [6.45, 7) is 0. The molecule has 0 radical (unpaired) electrons. The van der Waals surface area contributed by atoms with Gasteiger partial charge in [0.1, 0.15) is 5.02 Å². The van der Waals surface area contributed by atoms with Crippen LogP contribution in [0.2, 0.25) is 5.02 Å². The molecule has 0 spiro atoms. The highest BCUT2D eigenvalue weighted by Gasteiger charge is 2.19. The summed E-state index contributed by atoms with van der Waals surface area (Å²) < 4.78 is 25.4. The van der Waals surface area contributed by atoms with Crippen molar-refractivity contribution in [2.75, 3.05) is 19.4 Å². The zero-order chi connectivity index (χ0) is 22.1. The topological polar surface area (TPSA) is 123 Å². The molecule has 1 aromatic heterocycles. The molecule has 1 heterocycles. The Kier molecular flexibility index (Phi) is 6.17. The Morgan fingerprint density at radius 1 is 1.20 bits per heavy atom. The van der Waals surface area contributed by atoms with E-state index in [9.17, 15) is 23.3 Å². The lowest BCUT2D eigenvalue weighted by Gasteiger charge is -2.11. The number of hydrogen-bond acceptors (Lipinski definition) is 7. The number of carbonyl (C=O) groups excluding carboxylic acids is 1. The number of sulfonamides is 1. The average Bonchev–Trinajstić information content (AvgIpc) is 3.16. The second kappa shape index (κ2) is 8.48. The van der Waals surface area contributed by atoms with Crippen LogP contribution in [0.3, 0.4) is 0 Å². The number of carbonyl (C=O) groups is 1. The summed E-state index contributed by atoms with van der Waals surface area (Å²) in [7, 11) is -0.624. The molecule has 1 amide bonds. The Balaban J connectivity index is 1.78. The number of nitrogens with zero attached hydrogens (tertiary/aromatic N) is 3. The van der Waals surface area contributed by atoms with Crippen LogP contribution < -0.4 is 5.32 Å². The lowest BCUT2D eigenvalue weighted by Crippen LogP contribution is -2.22. The Morgan fingerprint density at radius 3 is 2.47 bits per heavy atom. The van der Waals surface area contributed by atoms with Crippen molar-refractivity contribution >= 4 is 49.7 Å². The van der Waals surface area contributed by atoms with Crippen LogP contribution in [0, 0.1) is 10.1 Å². The molecule has 0 aliphatic rings. The van der Waals surface area contributed by atoms with E-state index in [0.29, 0.717) is 11.3 Å². The van der Waals surface area contributed by atoms with E-state index >= 15 is 0 Å². The predicted octanol–water partition coefficient (Wildman–Crippen LogP) is 3.87. The van der Waals surface area contributed by atoms with Gasteiger partial charge in [0.2, 0.25) is 10.0 Å². The molecule has 0 fully saturated rings. The molecular weight excluding hydrogens is 452 g/mol. The van der Waals surface area contributed by atoms with E-state index in [1.54, 1.807) is 17.5 Å². The van der Waals surface area contributed by atoms with Crippen LogP contribution in [0.5, 0.6) is 0 Å². The quantitative estimate of drug-likeness (QED) is 0.434. The third-order valence-corrected chi connectivity index (χ3v) is 6.96. The number of nitro groups is 1. The monoisotopic (exact) mass is 466 g/mol. The van der Waals surface area contributed by atoms with E-state index in [1.165, 1.54) is 49.7 Å². The molecule has 0 aliphatic heterocycles. The fourth-order valence-corrected chi connectivity index (χ4v) is 4.24. The van der Waals surface area contributed by atoms with Gasteiger partial charge in [0.15, 0.2) is 5.13 Å². The third kappa shape index (κ3) is 4.49. The Morgan fingerprint density at radius 2 is 1.87 bits per heavy atom. The molecule has 0 aliphatic carbocycles. The summed E-state index contributed by atoms with van der Waals surface area (Å²) in [4.78, 5) is 27.2. The maximum Gasteiger partial charge on any atom is 0.288 e. The van der Waals surface area contributed by atoms with E-state index < -0.39 is 20.9 Å². The largest absolute Gasteiger partial charge is 0.298 e. The van der Waals surface area contributed by atoms with Crippen molar-refractivity contribution < 1.29 is 18.1 Å². The number of aromatic nitrogens is 1. The Hall–Kier alpha value is -2.86. The zero-order valence-corrected chi connectivity index (χ0v) is 18.1. The van der Waals surface area contributed by atoms with Crippen LogP contribution in [0.25, 0.3) is 11.3 Å². The van der Waals surface area contributed by atoms with Crippen LogP contribution in [0.1, 0.15) is 10.4 Å². The van der Waals surface area contributed by atoms with E-state index in [4.69, 9.17) is 11.6 Å². The van der Waals surface area contributed by atoms with Gasteiger partial charge in [-0.3, -0.25) is 20.2 Å². The lowest BCUT2D eigenvalue weighted by atomic mass is 10.2. The highest BCUT2D eigenvalue weighted by molar-refractivity contribution is 7.89. The van der Waals surface area contributed by atoms with Crippen molar-refractivity contribution in [3.63, 3.8) is 0 Å². The summed E-state index contributed by atoms with van der Waals surface area (Å²) in [5.74, 6) is -0.567. The summed E-state index contributed by atoms with van der Waals surface area (Å²) in [6, 6.07) is 9.97. The van der Waals surface area contributed by atoms with Crippen molar-refractivity contribution in [3.05, 3.63) is 68.5 Å². The van der Waals surface area contributed by atoms with E-state index in [0.717, 1.165) is 10.4 Å². The van der Waals surface area contributed by atoms with Crippen LogP contribution in [-0.4, -0.2) is 42.6 Å². The minimum atomic E-state index is -3.53. The summed E-state index contributed by atoms with van der Waals surface area (Å²) in [5, 5.41) is 15.5. The molecular formula is C18H15ClN4O5S2. The fraction of sp³-hybridized carbons (Fsp3) is 0.111. The van der Waals surface area contributed by atoms with Gasteiger partial charge < -0.3 is 0 Å². The number of anilines is 1. The normalized spacial score (nSPS) is 11.5. The lowest BCUT2D eigenvalue weighted by molar-refractivity contribution is -0.384. The van der Waals surface area contributed by atoms with Crippen molar-refractivity contribution in [1.82, 2.24) is 9.29 Å². The first-order chi connectivity index (χ1) is 14.1. The summed E-state index contributed by atoms with van der Waals surface area (Å²) >= 11 is 6.93. The van der Waals surface area contributed by atoms with Gasteiger partial charge >= 0.3 is 0 Å². The van der Waals surface area contributed by atoms with Gasteiger partial charge in [0.25, 0.3) is 11.6 Å². The number of halogens is 1. The zero-order valence-electron chi connectivity index (χ0n) is 15.7. The van der Waals surface area contributed by atoms with Crippen molar-refractivity contribution in [3.8, 4) is 11.3 Å². The average molecular weight is 467 g/mol. The number of thiazole rings is 1.